The van der Waals surface area contributed by atoms with Gasteiger partial charge in [0.05, 0.1) is 18.4 Å². The minimum atomic E-state index is -0.0306. The number of aromatic nitrogens is 2. The first-order chi connectivity index (χ1) is 14.0. The molecule has 6 heteroatoms. The van der Waals surface area contributed by atoms with E-state index in [1.807, 2.05) is 26.1 Å². The molecule has 1 N–H and O–H groups in total. The summed E-state index contributed by atoms with van der Waals surface area (Å²) in [7, 11) is 3.54. The van der Waals surface area contributed by atoms with Crippen molar-refractivity contribution in [3.8, 4) is 5.75 Å². The summed E-state index contributed by atoms with van der Waals surface area (Å²) in [6.45, 7) is 9.42. The lowest BCUT2D eigenvalue weighted by Gasteiger charge is -2.33. The quantitative estimate of drug-likeness (QED) is 0.697. The van der Waals surface area contributed by atoms with Crippen LogP contribution in [0.1, 0.15) is 40.0 Å². The number of carbonyl (C=O) groups excluding carboxylic acids is 1. The van der Waals surface area contributed by atoms with Crippen molar-refractivity contribution in [2.45, 2.75) is 32.7 Å². The molecule has 1 aromatic heterocycles. The highest BCUT2D eigenvalue weighted by molar-refractivity contribution is 5.94. The lowest BCUT2D eigenvalue weighted by atomic mass is 9.97. The van der Waals surface area contributed by atoms with Gasteiger partial charge in [0, 0.05) is 32.9 Å². The van der Waals surface area contributed by atoms with Crippen LogP contribution in [0, 0.1) is 12.8 Å². The first kappa shape index (κ1) is 21.1. The Morgan fingerprint density at radius 3 is 2.97 bits per heavy atom. The fraction of sp³-hybridized carbons (Fsp3) is 0.478. The molecule has 0 saturated carbocycles. The number of carbonyl (C=O) groups is 1. The molecule has 1 atom stereocenters. The lowest BCUT2D eigenvalue weighted by Crippen LogP contribution is -2.40. The highest BCUT2D eigenvalue weighted by atomic mass is 16.5. The molecule has 1 amide bonds. The Labute approximate surface area is 173 Å². The SMILES string of the molecule is C=CCc1cc(CN2CCCC(CNC(=O)c3cn(C)nc3C)C2)ccc1OC. The Morgan fingerprint density at radius 1 is 1.45 bits per heavy atom. The fourth-order valence-electron chi connectivity index (χ4n) is 4.12. The van der Waals surface area contributed by atoms with E-state index in [-0.39, 0.29) is 5.91 Å². The molecule has 0 spiro atoms. The van der Waals surface area contributed by atoms with Crippen molar-refractivity contribution in [2.75, 3.05) is 26.7 Å². The lowest BCUT2D eigenvalue weighted by molar-refractivity contribution is 0.0930. The number of hydrogen-bond acceptors (Lipinski definition) is 4. The minimum absolute atomic E-state index is 0.0306. The summed E-state index contributed by atoms with van der Waals surface area (Å²) in [5.41, 5.74) is 3.89. The molecule has 156 valence electrons. The molecule has 1 saturated heterocycles. The second-order valence-electron chi connectivity index (χ2n) is 7.89. The molecule has 0 aliphatic carbocycles. The van der Waals surface area contributed by atoms with Gasteiger partial charge in [-0.2, -0.15) is 5.10 Å². The molecule has 3 rings (SSSR count). The van der Waals surface area contributed by atoms with Gasteiger partial charge < -0.3 is 10.1 Å². The van der Waals surface area contributed by atoms with Crippen molar-refractivity contribution in [1.82, 2.24) is 20.0 Å². The third kappa shape index (κ3) is 5.48. The molecular formula is C23H32N4O2. The molecule has 0 bridgehead atoms. The van der Waals surface area contributed by atoms with Crippen LogP contribution in [0.25, 0.3) is 0 Å². The number of amides is 1. The predicted octanol–water partition coefficient (Wildman–Crippen LogP) is 3.11. The van der Waals surface area contributed by atoms with Crippen LogP contribution in [0.4, 0.5) is 0 Å². The molecule has 2 aromatic rings. The Morgan fingerprint density at radius 2 is 2.28 bits per heavy atom. The van der Waals surface area contributed by atoms with E-state index in [1.54, 1.807) is 18.0 Å². The largest absolute Gasteiger partial charge is 0.496 e. The predicted molar refractivity (Wildman–Crippen MR) is 115 cm³/mol. The molecule has 0 radical (unpaired) electrons. The Hall–Kier alpha value is -2.60. The van der Waals surface area contributed by atoms with Crippen molar-refractivity contribution in [1.29, 1.82) is 0 Å². The third-order valence-electron chi connectivity index (χ3n) is 5.53. The van der Waals surface area contributed by atoms with Crippen LogP contribution >= 0.6 is 0 Å². The van der Waals surface area contributed by atoms with Crippen molar-refractivity contribution in [2.24, 2.45) is 13.0 Å². The van der Waals surface area contributed by atoms with E-state index in [0.717, 1.165) is 50.3 Å². The zero-order valence-corrected chi connectivity index (χ0v) is 17.8. The maximum atomic E-state index is 12.5. The molecule has 1 fully saturated rings. The van der Waals surface area contributed by atoms with Gasteiger partial charge in [0.1, 0.15) is 5.75 Å². The Balaban J connectivity index is 1.55. The highest BCUT2D eigenvalue weighted by Crippen LogP contribution is 2.23. The van der Waals surface area contributed by atoms with Gasteiger partial charge in [0.2, 0.25) is 0 Å². The summed E-state index contributed by atoms with van der Waals surface area (Å²) in [5.74, 6) is 1.35. The average Bonchev–Trinajstić information content (AvgIpc) is 3.05. The number of hydrogen-bond donors (Lipinski definition) is 1. The fourth-order valence-corrected chi connectivity index (χ4v) is 4.12. The van der Waals surface area contributed by atoms with Crippen LogP contribution in [0.15, 0.2) is 37.1 Å². The van der Waals surface area contributed by atoms with E-state index in [9.17, 15) is 4.79 Å². The number of piperidine rings is 1. The third-order valence-corrected chi connectivity index (χ3v) is 5.53. The van der Waals surface area contributed by atoms with Gasteiger partial charge in [-0.25, -0.2) is 0 Å². The van der Waals surface area contributed by atoms with Crippen molar-refractivity contribution < 1.29 is 9.53 Å². The number of ether oxygens (including phenoxy) is 1. The van der Waals surface area contributed by atoms with Crippen LogP contribution < -0.4 is 10.1 Å². The topological polar surface area (TPSA) is 59.4 Å². The average molecular weight is 397 g/mol. The standard InChI is InChI=1S/C23H32N4O2/c1-5-7-20-12-18(9-10-22(20)29-4)14-27-11-6-8-19(15-27)13-24-23(28)21-16-26(3)25-17(21)2/h5,9-10,12,16,19H,1,6-8,11,13-15H2,2-4H3,(H,24,28). The van der Waals surface area contributed by atoms with Gasteiger partial charge in [-0.05, 0) is 55.8 Å². The first-order valence-electron chi connectivity index (χ1n) is 10.3. The summed E-state index contributed by atoms with van der Waals surface area (Å²) in [6, 6.07) is 6.41. The second-order valence-corrected chi connectivity index (χ2v) is 7.89. The van der Waals surface area contributed by atoms with E-state index in [1.165, 1.54) is 11.1 Å². The Bertz CT molecular complexity index is 859. The van der Waals surface area contributed by atoms with Gasteiger partial charge in [-0.15, -0.1) is 6.58 Å². The number of methoxy groups -OCH3 is 1. The second kappa shape index (κ2) is 9.74. The van der Waals surface area contributed by atoms with Crippen LogP contribution in [-0.2, 0) is 20.0 Å². The molecule has 2 heterocycles. The highest BCUT2D eigenvalue weighted by Gasteiger charge is 2.22. The van der Waals surface area contributed by atoms with E-state index < -0.39 is 0 Å². The molecule has 6 nitrogen and oxygen atoms in total. The van der Waals surface area contributed by atoms with Crippen LogP contribution in [0.5, 0.6) is 5.75 Å². The number of nitrogens with zero attached hydrogens (tertiary/aromatic N) is 3. The number of benzene rings is 1. The van der Waals surface area contributed by atoms with Crippen molar-refractivity contribution in [3.63, 3.8) is 0 Å². The molecule has 1 unspecified atom stereocenters. The monoisotopic (exact) mass is 396 g/mol. The van der Waals surface area contributed by atoms with E-state index in [4.69, 9.17) is 4.74 Å². The minimum Gasteiger partial charge on any atom is -0.496 e. The summed E-state index contributed by atoms with van der Waals surface area (Å²) >= 11 is 0. The Kier molecular flexibility index (Phi) is 7.09. The van der Waals surface area contributed by atoms with Crippen LogP contribution in [0.3, 0.4) is 0 Å². The number of allylic oxidation sites excluding steroid dienone is 1. The van der Waals surface area contributed by atoms with Gasteiger partial charge in [0.25, 0.3) is 5.91 Å². The van der Waals surface area contributed by atoms with Crippen LogP contribution in [-0.4, -0.2) is 47.3 Å². The molecule has 29 heavy (non-hydrogen) atoms. The summed E-state index contributed by atoms with van der Waals surface area (Å²) < 4.78 is 7.14. The van der Waals surface area contributed by atoms with Gasteiger partial charge in [-0.1, -0.05) is 18.2 Å². The smallest absolute Gasteiger partial charge is 0.254 e. The van der Waals surface area contributed by atoms with E-state index in [2.05, 4.69) is 34.0 Å². The maximum absolute atomic E-state index is 12.5. The van der Waals surface area contributed by atoms with Gasteiger partial charge in [-0.3, -0.25) is 14.4 Å². The normalized spacial score (nSPS) is 17.1. The van der Waals surface area contributed by atoms with E-state index in [0.29, 0.717) is 18.0 Å². The molecule has 1 aromatic carbocycles. The number of nitrogens with one attached hydrogen (secondary N) is 1. The summed E-state index contributed by atoms with van der Waals surface area (Å²) in [4.78, 5) is 14.9. The van der Waals surface area contributed by atoms with E-state index >= 15 is 0 Å². The van der Waals surface area contributed by atoms with Crippen LogP contribution in [0.2, 0.25) is 0 Å². The zero-order chi connectivity index (χ0) is 20.8. The summed E-state index contributed by atoms with van der Waals surface area (Å²) in [6.07, 6.45) is 6.79. The molecule has 1 aliphatic rings. The summed E-state index contributed by atoms with van der Waals surface area (Å²) in [5, 5.41) is 7.35. The molecule has 1 aliphatic heterocycles. The number of rotatable bonds is 8. The van der Waals surface area contributed by atoms with Gasteiger partial charge >= 0.3 is 0 Å². The zero-order valence-electron chi connectivity index (χ0n) is 17.8. The molecular weight excluding hydrogens is 364 g/mol. The van der Waals surface area contributed by atoms with Crippen molar-refractivity contribution >= 4 is 5.91 Å². The first-order valence-corrected chi connectivity index (χ1v) is 10.3. The number of aryl methyl sites for hydroxylation is 2. The van der Waals surface area contributed by atoms with Gasteiger partial charge in [0.15, 0.2) is 0 Å². The number of likely N-dealkylation sites (tertiary alicyclic amines) is 1. The maximum Gasteiger partial charge on any atom is 0.254 e. The van der Waals surface area contributed by atoms with Crippen molar-refractivity contribution in [3.05, 3.63) is 59.4 Å².